The average molecular weight is 782 g/mol. The van der Waals surface area contributed by atoms with Gasteiger partial charge < -0.3 is 19.4 Å². The van der Waals surface area contributed by atoms with Crippen LogP contribution < -0.4 is 4.72 Å². The Balaban J connectivity index is 1.04. The van der Waals surface area contributed by atoms with Crippen LogP contribution in [0.15, 0.2) is 73.1 Å². The van der Waals surface area contributed by atoms with Crippen LogP contribution in [0.5, 0.6) is 0 Å². The highest BCUT2D eigenvalue weighted by atomic mass is 32.2. The summed E-state index contributed by atoms with van der Waals surface area (Å²) < 4.78 is 37.5. The zero-order valence-electron chi connectivity index (χ0n) is 33.0. The highest BCUT2D eigenvalue weighted by Crippen LogP contribution is 2.37. The van der Waals surface area contributed by atoms with Crippen molar-refractivity contribution >= 4 is 33.0 Å². The highest BCUT2D eigenvalue weighted by molar-refractivity contribution is 7.88. The number of carbonyl (C=O) groups is 2. The Labute approximate surface area is 328 Å². The van der Waals surface area contributed by atoms with E-state index in [4.69, 9.17) is 9.47 Å². The van der Waals surface area contributed by atoms with Gasteiger partial charge in [-0.3, -0.25) is 9.80 Å². The number of aromatic nitrogens is 4. The third kappa shape index (κ3) is 9.08. The predicted octanol–water partition coefficient (Wildman–Crippen LogP) is 8.21. The number of benzene rings is 3. The quantitative estimate of drug-likeness (QED) is 0.142. The SMILES string of the molecule is CC(C)(C)OC(=O)N1CCCC1c1ncc(-c2ccc3cc(-c4ccc(-c5cnc(C6CC(CNS(C)(=O)=O)CN6C(=O)OC(C)(C)C)[nH]5)cc4)ccc3c2)[nH]1. The molecular formula is C42H51N7O6S. The van der Waals surface area contributed by atoms with Crippen molar-refractivity contribution in [3.05, 3.63) is 84.7 Å². The van der Waals surface area contributed by atoms with Crippen LogP contribution in [0.2, 0.25) is 0 Å². The van der Waals surface area contributed by atoms with Gasteiger partial charge in [0.05, 0.1) is 42.1 Å². The maximum absolute atomic E-state index is 13.2. The number of rotatable bonds is 8. The van der Waals surface area contributed by atoms with Crippen molar-refractivity contribution in [2.45, 2.75) is 84.1 Å². The molecule has 3 unspecified atom stereocenters. The van der Waals surface area contributed by atoms with Gasteiger partial charge in [-0.2, -0.15) is 0 Å². The fourth-order valence-corrected chi connectivity index (χ4v) is 7.99. The van der Waals surface area contributed by atoms with E-state index in [1.807, 2.05) is 59.9 Å². The summed E-state index contributed by atoms with van der Waals surface area (Å²) in [6, 6.07) is 20.5. The lowest BCUT2D eigenvalue weighted by molar-refractivity contribution is 0.0206. The van der Waals surface area contributed by atoms with E-state index < -0.39 is 27.3 Å². The summed E-state index contributed by atoms with van der Waals surface area (Å²) in [7, 11) is -3.37. The first-order chi connectivity index (χ1) is 26.4. The largest absolute Gasteiger partial charge is 0.444 e. The predicted molar refractivity (Wildman–Crippen MR) is 216 cm³/mol. The lowest BCUT2D eigenvalue weighted by Gasteiger charge is -2.27. The van der Waals surface area contributed by atoms with Crippen LogP contribution in [-0.2, 0) is 19.5 Å². The minimum atomic E-state index is -3.37. The van der Waals surface area contributed by atoms with E-state index in [1.165, 1.54) is 0 Å². The molecule has 3 aromatic carbocycles. The third-order valence-corrected chi connectivity index (χ3v) is 10.7. The van der Waals surface area contributed by atoms with Gasteiger partial charge in [-0.15, -0.1) is 0 Å². The molecule has 3 N–H and O–H groups in total. The number of nitrogens with one attached hydrogen (secondary N) is 3. The molecule has 2 aliphatic rings. The summed E-state index contributed by atoms with van der Waals surface area (Å²) >= 11 is 0. The summed E-state index contributed by atoms with van der Waals surface area (Å²) in [5, 5.41) is 2.21. The summed E-state index contributed by atoms with van der Waals surface area (Å²) in [5.41, 5.74) is 4.59. The van der Waals surface area contributed by atoms with Crippen molar-refractivity contribution in [1.29, 1.82) is 0 Å². The maximum Gasteiger partial charge on any atom is 0.410 e. The minimum Gasteiger partial charge on any atom is -0.444 e. The molecule has 14 heteroatoms. The van der Waals surface area contributed by atoms with Crippen LogP contribution >= 0.6 is 0 Å². The monoisotopic (exact) mass is 781 g/mol. The normalized spacial score (nSPS) is 19.2. The van der Waals surface area contributed by atoms with Gasteiger partial charge in [0.2, 0.25) is 10.0 Å². The van der Waals surface area contributed by atoms with E-state index in [1.54, 1.807) is 16.0 Å². The zero-order valence-corrected chi connectivity index (χ0v) is 33.9. The number of H-pyrrole nitrogens is 2. The van der Waals surface area contributed by atoms with Gasteiger partial charge in [0.15, 0.2) is 0 Å². The Morgan fingerprint density at radius 1 is 0.750 bits per heavy atom. The van der Waals surface area contributed by atoms with Crippen LogP contribution in [0.25, 0.3) is 44.4 Å². The Morgan fingerprint density at radius 2 is 1.27 bits per heavy atom. The van der Waals surface area contributed by atoms with Crippen molar-refractivity contribution < 1.29 is 27.5 Å². The molecule has 2 aliphatic heterocycles. The molecule has 2 fully saturated rings. The molecule has 4 heterocycles. The molecule has 296 valence electrons. The van der Waals surface area contributed by atoms with Crippen LogP contribution in [0.3, 0.4) is 0 Å². The fourth-order valence-electron chi connectivity index (χ4n) is 7.45. The van der Waals surface area contributed by atoms with Gasteiger partial charge in [-0.1, -0.05) is 48.5 Å². The van der Waals surface area contributed by atoms with Crippen molar-refractivity contribution in [2.75, 3.05) is 25.9 Å². The van der Waals surface area contributed by atoms with Crippen LogP contribution in [0, 0.1) is 5.92 Å². The number of ether oxygens (including phenoxy) is 2. The van der Waals surface area contributed by atoms with Gasteiger partial charge in [0, 0.05) is 25.2 Å². The molecule has 0 spiro atoms. The fraction of sp³-hybridized carbons (Fsp3) is 0.429. The van der Waals surface area contributed by atoms with Gasteiger partial charge in [-0.05, 0) is 106 Å². The van der Waals surface area contributed by atoms with Crippen LogP contribution in [0.4, 0.5) is 9.59 Å². The number of hydrogen-bond donors (Lipinski definition) is 3. The van der Waals surface area contributed by atoms with E-state index in [2.05, 4.69) is 73.2 Å². The molecule has 2 aromatic heterocycles. The van der Waals surface area contributed by atoms with E-state index in [-0.39, 0.29) is 30.6 Å². The molecule has 2 saturated heterocycles. The highest BCUT2D eigenvalue weighted by Gasteiger charge is 2.40. The number of hydrogen-bond acceptors (Lipinski definition) is 8. The smallest absolute Gasteiger partial charge is 0.410 e. The Kier molecular flexibility index (Phi) is 10.5. The molecule has 0 aliphatic carbocycles. The summed E-state index contributed by atoms with van der Waals surface area (Å²) in [4.78, 5) is 45.7. The lowest BCUT2D eigenvalue weighted by Crippen LogP contribution is -2.38. The Hall–Kier alpha value is -5.21. The zero-order chi connectivity index (χ0) is 40.0. The number of amides is 2. The first-order valence-corrected chi connectivity index (χ1v) is 21.0. The van der Waals surface area contributed by atoms with Crippen LogP contribution in [0.1, 0.15) is 84.5 Å². The Bertz CT molecular complexity index is 2340. The molecule has 13 nitrogen and oxygen atoms in total. The molecular weight excluding hydrogens is 731 g/mol. The van der Waals surface area contributed by atoms with Crippen molar-refractivity contribution in [1.82, 2.24) is 34.5 Å². The third-order valence-electron chi connectivity index (χ3n) is 10.0. The number of fused-ring (bicyclic) bond motifs is 1. The summed E-state index contributed by atoms with van der Waals surface area (Å²) in [6.07, 6.45) is 6.23. The maximum atomic E-state index is 13.2. The van der Waals surface area contributed by atoms with Crippen molar-refractivity contribution in [3.63, 3.8) is 0 Å². The second-order valence-corrected chi connectivity index (χ2v) is 18.8. The first kappa shape index (κ1) is 39.0. The molecule has 2 amide bonds. The molecule has 5 aromatic rings. The van der Waals surface area contributed by atoms with Crippen LogP contribution in [-0.4, -0.2) is 87.4 Å². The second-order valence-electron chi connectivity index (χ2n) is 16.9. The first-order valence-electron chi connectivity index (χ1n) is 19.1. The minimum absolute atomic E-state index is 0.0951. The van der Waals surface area contributed by atoms with Gasteiger partial charge in [-0.25, -0.2) is 32.7 Å². The molecule has 0 radical (unpaired) electrons. The Morgan fingerprint density at radius 3 is 1.88 bits per heavy atom. The van der Waals surface area contributed by atoms with E-state index in [9.17, 15) is 18.0 Å². The van der Waals surface area contributed by atoms with Gasteiger partial charge in [0.25, 0.3) is 0 Å². The number of likely N-dealkylation sites (tertiary alicyclic amines) is 2. The summed E-state index contributed by atoms with van der Waals surface area (Å²) in [6.45, 7) is 12.3. The van der Waals surface area contributed by atoms with E-state index in [0.29, 0.717) is 25.3 Å². The molecule has 56 heavy (non-hydrogen) atoms. The molecule has 0 saturated carbocycles. The second kappa shape index (κ2) is 15.0. The molecule has 3 atom stereocenters. The lowest BCUT2D eigenvalue weighted by atomic mass is 9.98. The number of aromatic amines is 2. The van der Waals surface area contributed by atoms with Gasteiger partial charge >= 0.3 is 12.2 Å². The average Bonchev–Trinajstić information content (AvgIpc) is 3.94. The topological polar surface area (TPSA) is 163 Å². The van der Waals surface area contributed by atoms with E-state index in [0.717, 1.165) is 69.3 Å². The molecule has 7 rings (SSSR count). The van der Waals surface area contributed by atoms with Gasteiger partial charge in [0.1, 0.15) is 22.9 Å². The van der Waals surface area contributed by atoms with Crippen molar-refractivity contribution in [2.24, 2.45) is 5.92 Å². The standard InChI is InChI=1S/C42H51N7O6S/c1-41(2,3)54-39(50)48-18-8-9-35(48)37-43-24-34(47-37)32-17-16-30-20-29(14-15-31(30)21-32)27-10-12-28(13-11-27)33-23-44-38(46-33)36-19-26(22-45-56(7,52)53)25-49(36)40(51)55-42(4,5)6/h10-17,20-21,23-24,26,35-36,45H,8-9,18-19,22,25H2,1-7H3,(H,43,47)(H,44,46). The molecule has 0 bridgehead atoms. The number of imidazole rings is 2. The number of nitrogens with zero attached hydrogens (tertiary/aromatic N) is 4. The summed E-state index contributed by atoms with van der Waals surface area (Å²) in [5.74, 6) is 1.30. The van der Waals surface area contributed by atoms with E-state index >= 15 is 0 Å². The number of carbonyl (C=O) groups excluding carboxylic acids is 2. The number of sulfonamides is 1. The van der Waals surface area contributed by atoms with Crippen molar-refractivity contribution in [3.8, 4) is 33.6 Å².